The van der Waals surface area contributed by atoms with Crippen LogP contribution in [0.4, 0.5) is 5.82 Å². The number of hydrogen-bond acceptors (Lipinski definition) is 4. The van der Waals surface area contributed by atoms with Crippen LogP contribution >= 0.6 is 0 Å². The third-order valence-electron chi connectivity index (χ3n) is 3.87. The van der Waals surface area contributed by atoms with Crippen LogP contribution in [-0.4, -0.2) is 23.1 Å². The Morgan fingerprint density at radius 1 is 1.19 bits per heavy atom. The highest BCUT2D eigenvalue weighted by molar-refractivity contribution is 5.48. The lowest BCUT2D eigenvalue weighted by molar-refractivity contribution is -0.0390. The Morgan fingerprint density at radius 3 is 2.33 bits per heavy atom. The molecule has 1 aromatic heterocycles. The van der Waals surface area contributed by atoms with Crippen LogP contribution in [0.1, 0.15) is 77.4 Å². The zero-order valence-corrected chi connectivity index (χ0v) is 14.7. The zero-order valence-electron chi connectivity index (χ0n) is 14.7. The fourth-order valence-corrected chi connectivity index (χ4v) is 2.53. The highest BCUT2D eigenvalue weighted by Crippen LogP contribution is 2.31. The normalized spacial score (nSPS) is 14.3. The highest BCUT2D eigenvalue weighted by atomic mass is 16.5. The summed E-state index contributed by atoms with van der Waals surface area (Å²) in [4.78, 5) is 9.56. The molecule has 0 fully saturated rings. The summed E-state index contributed by atoms with van der Waals surface area (Å²) in [6.45, 7) is 16.4. The number of anilines is 1. The van der Waals surface area contributed by atoms with Gasteiger partial charge < -0.3 is 10.1 Å². The van der Waals surface area contributed by atoms with Gasteiger partial charge >= 0.3 is 0 Å². The summed E-state index contributed by atoms with van der Waals surface area (Å²) in [5.41, 5.74) is 1.84. The van der Waals surface area contributed by atoms with Crippen molar-refractivity contribution < 1.29 is 4.74 Å². The van der Waals surface area contributed by atoms with Gasteiger partial charge in [-0.25, -0.2) is 9.97 Å². The lowest BCUT2D eigenvalue weighted by atomic mass is 9.98. The summed E-state index contributed by atoms with van der Waals surface area (Å²) in [5.74, 6) is 2.15. The van der Waals surface area contributed by atoms with Gasteiger partial charge in [-0.05, 0) is 39.5 Å². The van der Waals surface area contributed by atoms with E-state index in [4.69, 9.17) is 14.7 Å². The van der Waals surface area contributed by atoms with E-state index in [0.717, 1.165) is 36.7 Å². The summed E-state index contributed by atoms with van der Waals surface area (Å²) < 4.78 is 5.93. The molecule has 0 radical (unpaired) electrons. The Bertz CT molecular complexity index is 460. The molecule has 21 heavy (non-hydrogen) atoms. The minimum Gasteiger partial charge on any atom is -0.370 e. The van der Waals surface area contributed by atoms with Gasteiger partial charge in [-0.2, -0.15) is 0 Å². The summed E-state index contributed by atoms with van der Waals surface area (Å²) in [7, 11) is 0. The molecule has 0 saturated carbocycles. The molecule has 1 unspecified atom stereocenters. The van der Waals surface area contributed by atoms with Crippen LogP contribution in [0.3, 0.4) is 0 Å². The van der Waals surface area contributed by atoms with Crippen molar-refractivity contribution in [3.63, 3.8) is 0 Å². The molecular formula is C17H31N3O. The van der Waals surface area contributed by atoms with Crippen LogP contribution in [0.15, 0.2) is 0 Å². The lowest BCUT2D eigenvalue weighted by Crippen LogP contribution is -2.29. The second-order valence-corrected chi connectivity index (χ2v) is 5.99. The Morgan fingerprint density at radius 2 is 1.86 bits per heavy atom. The third-order valence-corrected chi connectivity index (χ3v) is 3.87. The third kappa shape index (κ3) is 4.16. The highest BCUT2D eigenvalue weighted by Gasteiger charge is 2.30. The number of rotatable bonds is 8. The van der Waals surface area contributed by atoms with Crippen LogP contribution in [0.25, 0.3) is 0 Å². The SMILES string of the molecule is CCCNc1nc(C(C)(CC)OCC)nc(C)c1C(C)C. The standard InChI is InChI=1S/C17H31N3O/c1-8-11-18-15-14(12(4)5)13(6)19-16(20-15)17(7,9-2)21-10-3/h12H,8-11H2,1-7H3,(H,18,19,20). The minimum atomic E-state index is -0.419. The average molecular weight is 293 g/mol. The van der Waals surface area contributed by atoms with Gasteiger partial charge in [0.05, 0.1) is 0 Å². The number of nitrogens with one attached hydrogen (secondary N) is 1. The molecule has 120 valence electrons. The van der Waals surface area contributed by atoms with Gasteiger partial charge in [0.2, 0.25) is 0 Å². The van der Waals surface area contributed by atoms with Crippen molar-refractivity contribution in [2.75, 3.05) is 18.5 Å². The molecule has 1 rings (SSSR count). The van der Waals surface area contributed by atoms with Crippen molar-refractivity contribution in [1.29, 1.82) is 0 Å². The van der Waals surface area contributed by atoms with Crippen LogP contribution < -0.4 is 5.32 Å². The van der Waals surface area contributed by atoms with Gasteiger partial charge in [-0.3, -0.25) is 0 Å². The van der Waals surface area contributed by atoms with Gasteiger partial charge in [0.15, 0.2) is 5.82 Å². The number of hydrogen-bond donors (Lipinski definition) is 1. The molecule has 0 bridgehead atoms. The van der Waals surface area contributed by atoms with Crippen molar-refractivity contribution in [3.8, 4) is 0 Å². The Balaban J connectivity index is 3.33. The molecule has 1 N–H and O–H groups in total. The molecule has 1 heterocycles. The molecule has 0 saturated heterocycles. The Labute approximate surface area is 129 Å². The van der Waals surface area contributed by atoms with Crippen molar-refractivity contribution >= 4 is 5.82 Å². The Hall–Kier alpha value is -1.16. The summed E-state index contributed by atoms with van der Waals surface area (Å²) in [6.07, 6.45) is 1.93. The van der Waals surface area contributed by atoms with Gasteiger partial charge in [-0.1, -0.05) is 27.7 Å². The first kappa shape index (κ1) is 17.9. The maximum atomic E-state index is 5.93. The van der Waals surface area contributed by atoms with Gasteiger partial charge in [0.25, 0.3) is 0 Å². The molecular weight excluding hydrogens is 262 g/mol. The lowest BCUT2D eigenvalue weighted by Gasteiger charge is -2.28. The van der Waals surface area contributed by atoms with E-state index in [1.807, 2.05) is 6.92 Å². The number of aryl methyl sites for hydroxylation is 1. The van der Waals surface area contributed by atoms with E-state index in [1.165, 1.54) is 5.56 Å². The second-order valence-electron chi connectivity index (χ2n) is 5.99. The van der Waals surface area contributed by atoms with E-state index in [0.29, 0.717) is 12.5 Å². The van der Waals surface area contributed by atoms with Crippen molar-refractivity contribution in [2.45, 2.75) is 72.8 Å². The monoisotopic (exact) mass is 293 g/mol. The predicted octanol–water partition coefficient (Wildman–Crippen LogP) is 4.39. The quantitative estimate of drug-likeness (QED) is 0.772. The zero-order chi connectivity index (χ0) is 16.0. The van der Waals surface area contributed by atoms with E-state index in [1.54, 1.807) is 0 Å². The fourth-order valence-electron chi connectivity index (χ4n) is 2.53. The molecule has 0 aliphatic heterocycles. The average Bonchev–Trinajstić information content (AvgIpc) is 2.44. The van der Waals surface area contributed by atoms with Crippen molar-refractivity contribution in [2.24, 2.45) is 0 Å². The molecule has 0 spiro atoms. The van der Waals surface area contributed by atoms with E-state index in [-0.39, 0.29) is 0 Å². The first-order valence-electron chi connectivity index (χ1n) is 8.16. The summed E-state index contributed by atoms with van der Waals surface area (Å²) in [6, 6.07) is 0. The number of ether oxygens (including phenoxy) is 1. The van der Waals surface area contributed by atoms with E-state index >= 15 is 0 Å². The topological polar surface area (TPSA) is 47.0 Å². The molecule has 0 aliphatic rings. The molecule has 1 atom stereocenters. The molecule has 0 aliphatic carbocycles. The smallest absolute Gasteiger partial charge is 0.162 e. The molecule has 4 heteroatoms. The molecule has 4 nitrogen and oxygen atoms in total. The summed E-state index contributed by atoms with van der Waals surface area (Å²) >= 11 is 0. The van der Waals surface area contributed by atoms with Gasteiger partial charge in [0, 0.05) is 24.4 Å². The van der Waals surface area contributed by atoms with E-state index < -0.39 is 5.60 Å². The summed E-state index contributed by atoms with van der Waals surface area (Å²) in [5, 5.41) is 3.46. The minimum absolute atomic E-state index is 0.401. The molecule has 0 aromatic carbocycles. The van der Waals surface area contributed by atoms with E-state index in [2.05, 4.69) is 46.9 Å². The number of nitrogens with zero attached hydrogens (tertiary/aromatic N) is 2. The first-order valence-corrected chi connectivity index (χ1v) is 8.16. The maximum absolute atomic E-state index is 5.93. The van der Waals surface area contributed by atoms with Crippen LogP contribution in [-0.2, 0) is 10.3 Å². The van der Waals surface area contributed by atoms with Crippen LogP contribution in [0.2, 0.25) is 0 Å². The predicted molar refractivity (Wildman–Crippen MR) is 88.9 cm³/mol. The maximum Gasteiger partial charge on any atom is 0.162 e. The van der Waals surface area contributed by atoms with Crippen molar-refractivity contribution in [1.82, 2.24) is 9.97 Å². The van der Waals surface area contributed by atoms with Gasteiger partial charge in [0.1, 0.15) is 11.4 Å². The van der Waals surface area contributed by atoms with E-state index in [9.17, 15) is 0 Å². The van der Waals surface area contributed by atoms with Crippen molar-refractivity contribution in [3.05, 3.63) is 17.1 Å². The van der Waals surface area contributed by atoms with Gasteiger partial charge in [-0.15, -0.1) is 0 Å². The second kappa shape index (κ2) is 7.74. The molecule has 0 amide bonds. The Kier molecular flexibility index (Phi) is 6.59. The largest absolute Gasteiger partial charge is 0.370 e. The van der Waals surface area contributed by atoms with Crippen LogP contribution in [0.5, 0.6) is 0 Å². The van der Waals surface area contributed by atoms with Crippen LogP contribution in [0, 0.1) is 6.92 Å². The number of aromatic nitrogens is 2. The fraction of sp³-hybridized carbons (Fsp3) is 0.765. The molecule has 1 aromatic rings. The first-order chi connectivity index (χ1) is 9.89.